The summed E-state index contributed by atoms with van der Waals surface area (Å²) in [4.78, 5) is 24.4. The molecule has 0 N–H and O–H groups in total. The van der Waals surface area contributed by atoms with Gasteiger partial charge in [-0.15, -0.1) is 0 Å². The molecule has 2 aliphatic rings. The van der Waals surface area contributed by atoms with Gasteiger partial charge in [-0.05, 0) is 30.9 Å². The summed E-state index contributed by atoms with van der Waals surface area (Å²) in [6.07, 6.45) is 3.91. The molecule has 1 aromatic heterocycles. The fraction of sp³-hybridized carbons (Fsp3) is 0.389. The van der Waals surface area contributed by atoms with E-state index in [9.17, 15) is 18.0 Å². The molecule has 0 saturated carbocycles. The maximum atomic E-state index is 14.0. The average molecular weight is 362 g/mol. The number of hydrogen-bond donors (Lipinski definition) is 0. The number of anilines is 1. The van der Waals surface area contributed by atoms with Crippen LogP contribution in [0.4, 0.5) is 19.1 Å². The SMILES string of the molecule is O=C(c1ccc(F)cc1F)N1CCC2CCN(c3ncc(F)cn3)CC21. The van der Waals surface area contributed by atoms with E-state index in [4.69, 9.17) is 0 Å². The van der Waals surface area contributed by atoms with E-state index in [2.05, 4.69) is 9.97 Å². The highest BCUT2D eigenvalue weighted by Gasteiger charge is 2.41. The third-order valence-corrected chi connectivity index (χ3v) is 5.17. The first kappa shape index (κ1) is 16.8. The van der Waals surface area contributed by atoms with Gasteiger partial charge in [0.1, 0.15) is 11.6 Å². The molecular weight excluding hydrogens is 345 g/mol. The monoisotopic (exact) mass is 362 g/mol. The summed E-state index contributed by atoms with van der Waals surface area (Å²) in [5.41, 5.74) is -0.123. The van der Waals surface area contributed by atoms with Gasteiger partial charge in [0, 0.05) is 25.7 Å². The number of likely N-dealkylation sites (tertiary alicyclic amines) is 1. The van der Waals surface area contributed by atoms with Crippen LogP contribution < -0.4 is 4.90 Å². The number of carbonyl (C=O) groups excluding carboxylic acids is 1. The lowest BCUT2D eigenvalue weighted by Gasteiger charge is -2.38. The molecule has 2 aromatic rings. The number of nitrogens with zero attached hydrogens (tertiary/aromatic N) is 4. The summed E-state index contributed by atoms with van der Waals surface area (Å²) in [6.45, 7) is 1.76. The van der Waals surface area contributed by atoms with Gasteiger partial charge in [-0.25, -0.2) is 23.1 Å². The number of piperidine rings is 1. The van der Waals surface area contributed by atoms with Gasteiger partial charge in [-0.2, -0.15) is 0 Å². The molecule has 26 heavy (non-hydrogen) atoms. The average Bonchev–Trinajstić information content (AvgIpc) is 3.05. The van der Waals surface area contributed by atoms with Crippen molar-refractivity contribution in [3.05, 3.63) is 53.6 Å². The Hall–Kier alpha value is -2.64. The van der Waals surface area contributed by atoms with Gasteiger partial charge < -0.3 is 9.80 Å². The molecule has 2 atom stereocenters. The van der Waals surface area contributed by atoms with Gasteiger partial charge in [0.2, 0.25) is 5.95 Å². The summed E-state index contributed by atoms with van der Waals surface area (Å²) in [5, 5.41) is 0. The van der Waals surface area contributed by atoms with Gasteiger partial charge in [0.05, 0.1) is 24.0 Å². The smallest absolute Gasteiger partial charge is 0.257 e. The number of carbonyl (C=O) groups is 1. The van der Waals surface area contributed by atoms with Crippen LogP contribution in [-0.4, -0.2) is 46.5 Å². The zero-order chi connectivity index (χ0) is 18.3. The fourth-order valence-electron chi connectivity index (χ4n) is 3.86. The summed E-state index contributed by atoms with van der Waals surface area (Å²) in [5.74, 6) is -1.77. The van der Waals surface area contributed by atoms with Gasteiger partial charge in [-0.1, -0.05) is 0 Å². The van der Waals surface area contributed by atoms with Crippen molar-refractivity contribution in [2.45, 2.75) is 18.9 Å². The van der Waals surface area contributed by atoms with E-state index in [1.807, 2.05) is 4.90 Å². The molecule has 0 aliphatic carbocycles. The van der Waals surface area contributed by atoms with Gasteiger partial charge in [0.15, 0.2) is 5.82 Å². The van der Waals surface area contributed by atoms with E-state index in [1.54, 1.807) is 4.90 Å². The molecular formula is C18H17F3N4O. The molecule has 2 aliphatic heterocycles. The lowest BCUT2D eigenvalue weighted by Crippen LogP contribution is -2.50. The number of hydrogen-bond acceptors (Lipinski definition) is 4. The van der Waals surface area contributed by atoms with Crippen LogP contribution in [0.1, 0.15) is 23.2 Å². The highest BCUT2D eigenvalue weighted by Crippen LogP contribution is 2.34. The number of benzene rings is 1. The van der Waals surface area contributed by atoms with Gasteiger partial charge in [-0.3, -0.25) is 4.79 Å². The number of rotatable bonds is 2. The second kappa shape index (κ2) is 6.59. The summed E-state index contributed by atoms with van der Waals surface area (Å²) in [6, 6.07) is 2.89. The van der Waals surface area contributed by atoms with Crippen LogP contribution >= 0.6 is 0 Å². The molecule has 1 amide bonds. The fourth-order valence-corrected chi connectivity index (χ4v) is 3.86. The van der Waals surface area contributed by atoms with Crippen LogP contribution in [0.3, 0.4) is 0 Å². The summed E-state index contributed by atoms with van der Waals surface area (Å²) >= 11 is 0. The Balaban J connectivity index is 1.55. The quantitative estimate of drug-likeness (QED) is 0.824. The van der Waals surface area contributed by atoms with Crippen LogP contribution in [0.15, 0.2) is 30.6 Å². The lowest BCUT2D eigenvalue weighted by molar-refractivity contribution is 0.0707. The molecule has 136 valence electrons. The largest absolute Gasteiger partial charge is 0.339 e. The minimum atomic E-state index is -0.854. The first-order valence-electron chi connectivity index (χ1n) is 8.51. The predicted octanol–water partition coefficient (Wildman–Crippen LogP) is 2.63. The first-order chi connectivity index (χ1) is 12.5. The Kier molecular flexibility index (Phi) is 4.26. The van der Waals surface area contributed by atoms with Crippen molar-refractivity contribution in [2.75, 3.05) is 24.5 Å². The topological polar surface area (TPSA) is 49.3 Å². The van der Waals surface area contributed by atoms with Crippen LogP contribution in [0, 0.1) is 23.4 Å². The van der Waals surface area contributed by atoms with Crippen molar-refractivity contribution >= 4 is 11.9 Å². The molecule has 4 rings (SSSR count). The van der Waals surface area contributed by atoms with Crippen molar-refractivity contribution in [2.24, 2.45) is 5.92 Å². The van der Waals surface area contributed by atoms with Crippen LogP contribution in [0.5, 0.6) is 0 Å². The second-order valence-corrected chi connectivity index (χ2v) is 6.67. The number of fused-ring (bicyclic) bond motifs is 1. The molecule has 0 spiro atoms. The van der Waals surface area contributed by atoms with Crippen molar-refractivity contribution in [1.82, 2.24) is 14.9 Å². The number of amides is 1. The number of aromatic nitrogens is 2. The third kappa shape index (κ3) is 3.00. The first-order valence-corrected chi connectivity index (χ1v) is 8.51. The van der Waals surface area contributed by atoms with E-state index in [0.29, 0.717) is 25.0 Å². The van der Waals surface area contributed by atoms with Crippen LogP contribution in [0.2, 0.25) is 0 Å². The Bertz CT molecular complexity index is 830. The van der Waals surface area contributed by atoms with Crippen molar-refractivity contribution in [3.63, 3.8) is 0 Å². The van der Waals surface area contributed by atoms with Crippen molar-refractivity contribution in [3.8, 4) is 0 Å². The molecule has 0 radical (unpaired) electrons. The summed E-state index contributed by atoms with van der Waals surface area (Å²) < 4.78 is 40.1. The van der Waals surface area contributed by atoms with E-state index in [1.165, 1.54) is 6.07 Å². The highest BCUT2D eigenvalue weighted by atomic mass is 19.1. The van der Waals surface area contributed by atoms with Crippen molar-refractivity contribution in [1.29, 1.82) is 0 Å². The zero-order valence-corrected chi connectivity index (χ0v) is 13.9. The van der Waals surface area contributed by atoms with Crippen LogP contribution in [-0.2, 0) is 0 Å². The molecule has 2 unspecified atom stereocenters. The maximum absolute atomic E-state index is 14.0. The predicted molar refractivity (Wildman–Crippen MR) is 88.1 cm³/mol. The third-order valence-electron chi connectivity index (χ3n) is 5.17. The van der Waals surface area contributed by atoms with Gasteiger partial charge >= 0.3 is 0 Å². The Morgan fingerprint density at radius 1 is 1.04 bits per heavy atom. The van der Waals surface area contributed by atoms with E-state index in [0.717, 1.165) is 43.9 Å². The molecule has 5 nitrogen and oxygen atoms in total. The molecule has 0 bridgehead atoms. The Morgan fingerprint density at radius 2 is 1.77 bits per heavy atom. The summed E-state index contributed by atoms with van der Waals surface area (Å²) in [7, 11) is 0. The zero-order valence-electron chi connectivity index (χ0n) is 13.9. The lowest BCUT2D eigenvalue weighted by atomic mass is 9.92. The molecule has 3 heterocycles. The van der Waals surface area contributed by atoms with E-state index in [-0.39, 0.29) is 11.6 Å². The molecule has 2 saturated heterocycles. The molecule has 1 aromatic carbocycles. The molecule has 2 fully saturated rings. The minimum Gasteiger partial charge on any atom is -0.339 e. The maximum Gasteiger partial charge on any atom is 0.257 e. The Labute approximate surface area is 148 Å². The number of halogens is 3. The Morgan fingerprint density at radius 3 is 2.50 bits per heavy atom. The standard InChI is InChI=1S/C18H17F3N4O/c19-12-1-2-14(15(21)7-12)17(26)25-6-4-11-3-5-24(10-16(11)25)18-22-8-13(20)9-23-18/h1-2,7-9,11,16H,3-6,10H2. The van der Waals surface area contributed by atoms with E-state index >= 15 is 0 Å². The minimum absolute atomic E-state index is 0.102. The second-order valence-electron chi connectivity index (χ2n) is 6.67. The van der Waals surface area contributed by atoms with Gasteiger partial charge in [0.25, 0.3) is 5.91 Å². The van der Waals surface area contributed by atoms with E-state index < -0.39 is 23.4 Å². The highest BCUT2D eigenvalue weighted by molar-refractivity contribution is 5.95. The molecule has 8 heteroatoms. The van der Waals surface area contributed by atoms with Crippen molar-refractivity contribution < 1.29 is 18.0 Å². The normalized spacial score (nSPS) is 22.4. The van der Waals surface area contributed by atoms with Crippen LogP contribution in [0.25, 0.3) is 0 Å².